The second kappa shape index (κ2) is 6.38. The van der Waals surface area contributed by atoms with Gasteiger partial charge < -0.3 is 9.84 Å². The van der Waals surface area contributed by atoms with E-state index in [1.807, 2.05) is 0 Å². The van der Waals surface area contributed by atoms with E-state index in [0.717, 1.165) is 39.3 Å². The molecule has 94 valence electrons. The molecular weight excluding hydrogens is 202 g/mol. The number of nitrogens with zero attached hydrogens (tertiary/aromatic N) is 1. The lowest BCUT2D eigenvalue weighted by molar-refractivity contribution is 0.127. The third-order valence-corrected chi connectivity index (χ3v) is 2.52. The molecule has 0 bridgehead atoms. The minimum atomic E-state index is 0.226. The Kier molecular flexibility index (Phi) is 5.46. The van der Waals surface area contributed by atoms with Crippen LogP contribution in [0.2, 0.25) is 0 Å². The first-order valence-corrected chi connectivity index (χ1v) is 6.10. The van der Waals surface area contributed by atoms with E-state index in [9.17, 15) is 0 Å². The van der Waals surface area contributed by atoms with Crippen LogP contribution >= 0.6 is 0 Å². The van der Waals surface area contributed by atoms with Crippen LogP contribution in [-0.2, 0) is 4.74 Å². The topological polar surface area (TPSA) is 32.7 Å². The number of hydrogen-bond acceptors (Lipinski definition) is 3. The smallest absolute Gasteiger partial charge is 0.0689 e. The molecule has 0 spiro atoms. The number of aliphatic hydroxyl groups is 1. The molecule has 0 aliphatic carbocycles. The molecule has 1 rings (SSSR count). The van der Waals surface area contributed by atoms with E-state index >= 15 is 0 Å². The molecular formula is C13H25NO2. The molecule has 0 amide bonds. The van der Waals surface area contributed by atoms with Gasteiger partial charge in [0.2, 0.25) is 0 Å². The van der Waals surface area contributed by atoms with Crippen molar-refractivity contribution in [2.24, 2.45) is 5.41 Å². The highest BCUT2D eigenvalue weighted by Gasteiger charge is 2.17. The van der Waals surface area contributed by atoms with Crippen LogP contribution in [0.3, 0.4) is 0 Å². The zero-order valence-electron chi connectivity index (χ0n) is 10.8. The van der Waals surface area contributed by atoms with Gasteiger partial charge in [0.25, 0.3) is 0 Å². The summed E-state index contributed by atoms with van der Waals surface area (Å²) in [5.74, 6) is 0. The molecule has 0 aromatic carbocycles. The summed E-state index contributed by atoms with van der Waals surface area (Å²) in [5.41, 5.74) is 1.62. The quantitative estimate of drug-likeness (QED) is 0.725. The van der Waals surface area contributed by atoms with Gasteiger partial charge in [-0.15, -0.1) is 0 Å². The largest absolute Gasteiger partial charge is 0.395 e. The van der Waals surface area contributed by atoms with Gasteiger partial charge >= 0.3 is 0 Å². The lowest BCUT2D eigenvalue weighted by Crippen LogP contribution is -2.37. The highest BCUT2D eigenvalue weighted by Crippen LogP contribution is 2.16. The fraction of sp³-hybridized carbons (Fsp3) is 0.846. The Morgan fingerprint density at radius 1 is 1.44 bits per heavy atom. The molecule has 0 unspecified atom stereocenters. The molecule has 0 fully saturated rings. The Morgan fingerprint density at radius 2 is 2.19 bits per heavy atom. The average molecular weight is 227 g/mol. The molecule has 0 atom stereocenters. The molecule has 0 aromatic heterocycles. The maximum absolute atomic E-state index is 9.07. The molecule has 3 heteroatoms. The maximum Gasteiger partial charge on any atom is 0.0689 e. The summed E-state index contributed by atoms with van der Waals surface area (Å²) in [5, 5.41) is 9.07. The van der Waals surface area contributed by atoms with E-state index in [1.54, 1.807) is 0 Å². The molecule has 0 saturated heterocycles. The Hall–Kier alpha value is -0.380. The van der Waals surface area contributed by atoms with Crippen LogP contribution in [0.1, 0.15) is 27.2 Å². The van der Waals surface area contributed by atoms with Gasteiger partial charge in [-0.1, -0.05) is 26.8 Å². The van der Waals surface area contributed by atoms with Crippen molar-refractivity contribution in [3.63, 3.8) is 0 Å². The standard InChI is InChI=1S/C13H25NO2/c1-13(2,3)11-14(6-7-15)9-12-5-4-8-16-10-12/h5,15H,4,6-11H2,1-3H3. The molecule has 0 radical (unpaired) electrons. The van der Waals surface area contributed by atoms with E-state index in [4.69, 9.17) is 9.84 Å². The minimum Gasteiger partial charge on any atom is -0.395 e. The van der Waals surface area contributed by atoms with E-state index in [-0.39, 0.29) is 12.0 Å². The van der Waals surface area contributed by atoms with Crippen LogP contribution in [0, 0.1) is 5.41 Å². The number of rotatable bonds is 5. The van der Waals surface area contributed by atoms with Gasteiger partial charge in [-0.25, -0.2) is 0 Å². The summed E-state index contributed by atoms with van der Waals surface area (Å²) < 4.78 is 5.43. The van der Waals surface area contributed by atoms with E-state index in [0.29, 0.717) is 0 Å². The normalized spacial score (nSPS) is 17.7. The van der Waals surface area contributed by atoms with Crippen molar-refractivity contribution >= 4 is 0 Å². The lowest BCUT2D eigenvalue weighted by Gasteiger charge is -2.30. The molecule has 1 N–H and O–H groups in total. The molecule has 16 heavy (non-hydrogen) atoms. The second-order valence-corrected chi connectivity index (χ2v) is 5.70. The fourth-order valence-corrected chi connectivity index (χ4v) is 2.03. The highest BCUT2D eigenvalue weighted by molar-refractivity contribution is 5.07. The van der Waals surface area contributed by atoms with Gasteiger partial charge in [-0.2, -0.15) is 0 Å². The summed E-state index contributed by atoms with van der Waals surface area (Å²) in [6.07, 6.45) is 3.30. The van der Waals surface area contributed by atoms with Crippen molar-refractivity contribution in [1.29, 1.82) is 0 Å². The van der Waals surface area contributed by atoms with E-state index < -0.39 is 0 Å². The first-order valence-electron chi connectivity index (χ1n) is 6.10. The van der Waals surface area contributed by atoms with Crippen molar-refractivity contribution in [2.75, 3.05) is 39.5 Å². The van der Waals surface area contributed by atoms with Crippen LogP contribution in [0.25, 0.3) is 0 Å². The maximum atomic E-state index is 9.07. The van der Waals surface area contributed by atoms with Crippen LogP contribution in [-0.4, -0.2) is 49.5 Å². The van der Waals surface area contributed by atoms with Crippen molar-refractivity contribution < 1.29 is 9.84 Å². The Labute approximate surface area is 99.1 Å². The summed E-state index contributed by atoms with van der Waals surface area (Å²) in [4.78, 5) is 2.31. The monoisotopic (exact) mass is 227 g/mol. The third-order valence-electron chi connectivity index (χ3n) is 2.52. The lowest BCUT2D eigenvalue weighted by atomic mass is 9.95. The Bertz CT molecular complexity index is 231. The van der Waals surface area contributed by atoms with Crippen molar-refractivity contribution in [3.8, 4) is 0 Å². The Balaban J connectivity index is 2.46. The first kappa shape index (κ1) is 13.7. The van der Waals surface area contributed by atoms with Crippen LogP contribution in [0.4, 0.5) is 0 Å². The summed E-state index contributed by atoms with van der Waals surface area (Å²) in [6.45, 7) is 11.2. The fourth-order valence-electron chi connectivity index (χ4n) is 2.03. The van der Waals surface area contributed by atoms with Gasteiger partial charge in [-0.3, -0.25) is 4.90 Å². The predicted octanol–water partition coefficient (Wildman–Crippen LogP) is 1.67. The second-order valence-electron chi connectivity index (χ2n) is 5.70. The van der Waals surface area contributed by atoms with Gasteiger partial charge in [0.1, 0.15) is 0 Å². The molecule has 0 saturated carbocycles. The SMILES string of the molecule is CC(C)(C)CN(CCO)CC1=CCCOC1. The minimum absolute atomic E-state index is 0.226. The number of aliphatic hydroxyl groups excluding tert-OH is 1. The molecule has 1 aliphatic rings. The molecule has 0 aromatic rings. The summed E-state index contributed by atoms with van der Waals surface area (Å²) >= 11 is 0. The molecule has 3 nitrogen and oxygen atoms in total. The third kappa shape index (κ3) is 5.64. The van der Waals surface area contributed by atoms with Gasteiger partial charge in [0, 0.05) is 19.6 Å². The highest BCUT2D eigenvalue weighted by atomic mass is 16.5. The first-order chi connectivity index (χ1) is 7.51. The number of hydrogen-bond donors (Lipinski definition) is 1. The zero-order chi connectivity index (χ0) is 12.0. The van der Waals surface area contributed by atoms with Gasteiger partial charge in [-0.05, 0) is 17.4 Å². The molecule has 1 heterocycles. The van der Waals surface area contributed by atoms with Crippen LogP contribution in [0.15, 0.2) is 11.6 Å². The number of ether oxygens (including phenoxy) is 1. The summed E-state index contributed by atoms with van der Waals surface area (Å²) in [6, 6.07) is 0. The average Bonchev–Trinajstić information content (AvgIpc) is 2.17. The van der Waals surface area contributed by atoms with E-state index in [2.05, 4.69) is 31.7 Å². The van der Waals surface area contributed by atoms with Gasteiger partial charge in [0.05, 0.1) is 19.8 Å². The van der Waals surface area contributed by atoms with E-state index in [1.165, 1.54) is 5.57 Å². The van der Waals surface area contributed by atoms with Crippen LogP contribution < -0.4 is 0 Å². The molecule has 1 aliphatic heterocycles. The van der Waals surface area contributed by atoms with Gasteiger partial charge in [0.15, 0.2) is 0 Å². The zero-order valence-corrected chi connectivity index (χ0v) is 10.8. The van der Waals surface area contributed by atoms with Crippen molar-refractivity contribution in [1.82, 2.24) is 4.90 Å². The van der Waals surface area contributed by atoms with Crippen molar-refractivity contribution in [2.45, 2.75) is 27.2 Å². The predicted molar refractivity (Wildman–Crippen MR) is 66.5 cm³/mol. The Morgan fingerprint density at radius 3 is 2.69 bits per heavy atom. The van der Waals surface area contributed by atoms with Crippen molar-refractivity contribution in [3.05, 3.63) is 11.6 Å². The summed E-state index contributed by atoms with van der Waals surface area (Å²) in [7, 11) is 0. The van der Waals surface area contributed by atoms with Crippen LogP contribution in [0.5, 0.6) is 0 Å².